The number of sulfonamides is 1. The van der Waals surface area contributed by atoms with Gasteiger partial charge in [0.1, 0.15) is 0 Å². The summed E-state index contributed by atoms with van der Waals surface area (Å²) in [6, 6.07) is 21.1. The number of carbonyl (C=O) groups excluding carboxylic acids is 3. The molecule has 3 atom stereocenters. The molecule has 4 N–H and O–H groups in total. The minimum absolute atomic E-state index is 0.00485. The van der Waals surface area contributed by atoms with E-state index in [4.69, 9.17) is 0 Å². The lowest BCUT2D eigenvalue weighted by atomic mass is 9.95. The van der Waals surface area contributed by atoms with E-state index in [1.165, 1.54) is 12.5 Å². The number of benzene rings is 3. The molecule has 0 aromatic heterocycles. The number of anilines is 2. The van der Waals surface area contributed by atoms with Gasteiger partial charge >= 0.3 is 0 Å². The molecule has 1 aliphatic carbocycles. The number of aliphatic hydroxyl groups excluding tert-OH is 1. The zero-order chi connectivity index (χ0) is 37.7. The maximum absolute atomic E-state index is 14.4. The molecule has 0 radical (unpaired) electrons. The van der Waals surface area contributed by atoms with Crippen molar-refractivity contribution in [3.05, 3.63) is 95.6 Å². The fraction of sp³-hybridized carbons (Fsp3) is 0.475. The van der Waals surface area contributed by atoms with Gasteiger partial charge in [-0.2, -0.15) is 0 Å². The van der Waals surface area contributed by atoms with Crippen LogP contribution in [0.2, 0.25) is 0 Å². The zero-order valence-corrected chi connectivity index (χ0v) is 31.7. The number of rotatable bonds is 18. The zero-order valence-electron chi connectivity index (χ0n) is 30.9. The first-order chi connectivity index (χ1) is 24.9. The average Bonchev–Trinajstić information content (AvgIpc) is 3.13. The highest BCUT2D eigenvalue weighted by Crippen LogP contribution is 2.35. The lowest BCUT2D eigenvalue weighted by Gasteiger charge is -2.30. The molecule has 0 heterocycles. The first kappa shape index (κ1) is 40.5. The fourth-order valence-corrected chi connectivity index (χ4v) is 7.73. The summed E-state index contributed by atoms with van der Waals surface area (Å²) in [7, 11) is -4.08. The van der Waals surface area contributed by atoms with Crippen LogP contribution in [-0.4, -0.2) is 86.3 Å². The van der Waals surface area contributed by atoms with Gasteiger partial charge in [-0.3, -0.25) is 14.4 Å². The minimum Gasteiger partial charge on any atom is -0.390 e. The summed E-state index contributed by atoms with van der Waals surface area (Å²) in [6.07, 6.45) is 6.83. The predicted octanol–water partition coefficient (Wildman–Crippen LogP) is 5.18. The van der Waals surface area contributed by atoms with E-state index in [9.17, 15) is 27.9 Å². The SMILES string of the molecule is CCCN(CCC)C(=O)c1cccc(C(=O)N[C@@H](Cc2ccccc2)[C@H](O)CN[C@@H](C)C(=O)NC2CCCCC2)c1N(c1ccccc1)S(C)(=O)=O. The van der Waals surface area contributed by atoms with E-state index in [-0.39, 0.29) is 53.3 Å². The number of hydrogen-bond acceptors (Lipinski definition) is 7. The van der Waals surface area contributed by atoms with Crippen molar-refractivity contribution in [2.75, 3.05) is 30.2 Å². The maximum atomic E-state index is 14.4. The van der Waals surface area contributed by atoms with E-state index >= 15 is 0 Å². The highest BCUT2D eigenvalue weighted by molar-refractivity contribution is 7.92. The van der Waals surface area contributed by atoms with Gasteiger partial charge in [-0.1, -0.05) is 87.7 Å². The van der Waals surface area contributed by atoms with Crippen LogP contribution in [-0.2, 0) is 21.2 Å². The van der Waals surface area contributed by atoms with Crippen LogP contribution in [0.3, 0.4) is 0 Å². The molecule has 1 aliphatic rings. The van der Waals surface area contributed by atoms with E-state index < -0.39 is 34.1 Å². The van der Waals surface area contributed by atoms with E-state index in [0.717, 1.165) is 41.8 Å². The van der Waals surface area contributed by atoms with Crippen LogP contribution in [0.4, 0.5) is 11.4 Å². The Labute approximate surface area is 309 Å². The highest BCUT2D eigenvalue weighted by Gasteiger charge is 2.33. The fourth-order valence-electron chi connectivity index (χ4n) is 6.70. The smallest absolute Gasteiger partial charge is 0.256 e. The molecule has 1 fully saturated rings. The van der Waals surface area contributed by atoms with Gasteiger partial charge in [0, 0.05) is 25.7 Å². The minimum atomic E-state index is -4.08. The van der Waals surface area contributed by atoms with Gasteiger partial charge in [-0.15, -0.1) is 0 Å². The Bertz CT molecular complexity index is 1710. The lowest BCUT2D eigenvalue weighted by molar-refractivity contribution is -0.123. The first-order valence-electron chi connectivity index (χ1n) is 18.5. The summed E-state index contributed by atoms with van der Waals surface area (Å²) >= 11 is 0. The van der Waals surface area contributed by atoms with Gasteiger partial charge < -0.3 is 26.0 Å². The Balaban J connectivity index is 1.70. The van der Waals surface area contributed by atoms with Crippen molar-refractivity contribution in [3.8, 4) is 0 Å². The van der Waals surface area contributed by atoms with Crippen molar-refractivity contribution in [2.24, 2.45) is 0 Å². The molecule has 12 heteroatoms. The molecular formula is C40H55N5O6S. The molecule has 282 valence electrons. The number of hydrogen-bond donors (Lipinski definition) is 4. The summed E-state index contributed by atoms with van der Waals surface area (Å²) in [6.45, 7) is 6.60. The second kappa shape index (κ2) is 19.5. The van der Waals surface area contributed by atoms with Crippen molar-refractivity contribution >= 4 is 39.1 Å². The number of para-hydroxylation sites is 2. The molecular weight excluding hydrogens is 679 g/mol. The Morgan fingerprint density at radius 1 is 0.846 bits per heavy atom. The highest BCUT2D eigenvalue weighted by atomic mass is 32.2. The molecule has 3 amide bonds. The van der Waals surface area contributed by atoms with Gasteiger partial charge in [0.2, 0.25) is 15.9 Å². The van der Waals surface area contributed by atoms with Crippen LogP contribution in [0.5, 0.6) is 0 Å². The van der Waals surface area contributed by atoms with Crippen LogP contribution in [0.15, 0.2) is 78.9 Å². The second-order valence-corrected chi connectivity index (χ2v) is 15.5. The molecule has 52 heavy (non-hydrogen) atoms. The third kappa shape index (κ3) is 11.1. The number of carbonyl (C=O) groups is 3. The Kier molecular flexibility index (Phi) is 15.2. The molecule has 0 saturated heterocycles. The molecule has 0 spiro atoms. The molecule has 1 saturated carbocycles. The molecule has 0 bridgehead atoms. The number of nitrogens with zero attached hydrogens (tertiary/aromatic N) is 2. The number of aliphatic hydroxyl groups is 1. The third-order valence-electron chi connectivity index (χ3n) is 9.37. The molecule has 4 rings (SSSR count). The van der Waals surface area contributed by atoms with E-state index in [1.54, 1.807) is 54.3 Å². The second-order valence-electron chi connectivity index (χ2n) is 13.7. The molecule has 3 aromatic carbocycles. The largest absolute Gasteiger partial charge is 0.390 e. The standard InChI is InChI=1S/C40H55N5O6S/c1-5-25-44(26-6-2)40(49)34-24-16-23-33(37(34)45(52(4,50)51)32-21-14-9-15-22-32)39(48)43-35(27-30-17-10-7-11-18-30)36(46)28-41-29(3)38(47)42-31-19-12-8-13-20-31/h7,9-11,14-18,21-24,29,31,35-36,41,46H,5-6,8,12-13,19-20,25-28H2,1-4H3,(H,42,47)(H,43,48)/t29-,35-,36+/m0/s1. The van der Waals surface area contributed by atoms with Crippen molar-refractivity contribution in [1.82, 2.24) is 20.9 Å². The molecule has 0 aliphatic heterocycles. The average molecular weight is 734 g/mol. The van der Waals surface area contributed by atoms with Crippen molar-refractivity contribution in [1.29, 1.82) is 0 Å². The first-order valence-corrected chi connectivity index (χ1v) is 20.3. The Morgan fingerprint density at radius 3 is 2.04 bits per heavy atom. The van der Waals surface area contributed by atoms with Crippen LogP contribution in [0, 0.1) is 0 Å². The Morgan fingerprint density at radius 2 is 1.44 bits per heavy atom. The molecule has 11 nitrogen and oxygen atoms in total. The summed E-state index contributed by atoms with van der Waals surface area (Å²) in [4.78, 5) is 43.2. The van der Waals surface area contributed by atoms with E-state index in [2.05, 4.69) is 16.0 Å². The predicted molar refractivity (Wildman–Crippen MR) is 206 cm³/mol. The van der Waals surface area contributed by atoms with Gasteiger partial charge in [0.05, 0.1) is 46.9 Å². The van der Waals surface area contributed by atoms with E-state index in [0.29, 0.717) is 25.9 Å². The van der Waals surface area contributed by atoms with Gasteiger partial charge in [-0.05, 0) is 68.9 Å². The summed E-state index contributed by atoms with van der Waals surface area (Å²) in [5.41, 5.74) is 1.10. The van der Waals surface area contributed by atoms with Crippen LogP contribution >= 0.6 is 0 Å². The maximum Gasteiger partial charge on any atom is 0.256 e. The van der Waals surface area contributed by atoms with E-state index in [1.807, 2.05) is 44.2 Å². The topological polar surface area (TPSA) is 148 Å². The molecule has 0 unspecified atom stereocenters. The van der Waals surface area contributed by atoms with Crippen molar-refractivity contribution in [3.63, 3.8) is 0 Å². The van der Waals surface area contributed by atoms with Crippen molar-refractivity contribution < 1.29 is 27.9 Å². The lowest BCUT2D eigenvalue weighted by Crippen LogP contribution is -2.53. The summed E-state index contributed by atoms with van der Waals surface area (Å²) in [5.74, 6) is -1.19. The summed E-state index contributed by atoms with van der Waals surface area (Å²) in [5, 5.41) is 20.8. The van der Waals surface area contributed by atoms with Crippen LogP contribution < -0.4 is 20.3 Å². The Hall–Kier alpha value is -4.26. The van der Waals surface area contributed by atoms with Gasteiger partial charge in [-0.25, -0.2) is 12.7 Å². The molecule has 3 aromatic rings. The number of nitrogens with one attached hydrogen (secondary N) is 3. The third-order valence-corrected chi connectivity index (χ3v) is 10.4. The quantitative estimate of drug-likeness (QED) is 0.141. The number of amides is 3. The van der Waals surface area contributed by atoms with Crippen LogP contribution in [0.1, 0.15) is 92.0 Å². The van der Waals surface area contributed by atoms with Gasteiger partial charge in [0.15, 0.2) is 0 Å². The monoisotopic (exact) mass is 733 g/mol. The summed E-state index contributed by atoms with van der Waals surface area (Å²) < 4.78 is 28.2. The van der Waals surface area contributed by atoms with Crippen LogP contribution in [0.25, 0.3) is 0 Å². The normalized spacial score (nSPS) is 15.2. The van der Waals surface area contributed by atoms with Crippen molar-refractivity contribution in [2.45, 2.75) is 96.4 Å². The van der Waals surface area contributed by atoms with Gasteiger partial charge in [0.25, 0.3) is 11.8 Å².